The summed E-state index contributed by atoms with van der Waals surface area (Å²) in [6, 6.07) is 3.72. The van der Waals surface area contributed by atoms with Crippen LogP contribution in [-0.4, -0.2) is 17.6 Å². The summed E-state index contributed by atoms with van der Waals surface area (Å²) >= 11 is 5.53. The zero-order valence-corrected chi connectivity index (χ0v) is 12.5. The van der Waals surface area contributed by atoms with E-state index in [2.05, 4.69) is 5.32 Å². The fourth-order valence-electron chi connectivity index (χ4n) is 1.64. The molecule has 1 aromatic carbocycles. The fraction of sp³-hybridized carbons (Fsp3) is 0.500. The Labute approximate surface area is 126 Å². The molecule has 0 unspecified atom stereocenters. The predicted octanol–water partition coefficient (Wildman–Crippen LogP) is 3.95. The number of hydrogen-bond donors (Lipinski definition) is 2. The minimum Gasteiger partial charge on any atom is -0.481 e. The Balaban J connectivity index is 2.60. The summed E-state index contributed by atoms with van der Waals surface area (Å²) in [4.78, 5) is 10.9. The number of nitrogens with one attached hydrogen (secondary N) is 1. The first-order valence-corrected chi connectivity index (χ1v) is 6.71. The Hall–Kier alpha value is -1.27. The number of rotatable bonds is 6. The van der Waals surface area contributed by atoms with E-state index in [1.165, 1.54) is 12.1 Å². The average molecular weight is 324 g/mol. The fourth-order valence-corrected chi connectivity index (χ4v) is 1.86. The van der Waals surface area contributed by atoms with Gasteiger partial charge in [0, 0.05) is 6.54 Å². The van der Waals surface area contributed by atoms with Crippen molar-refractivity contribution in [3.8, 4) is 0 Å². The van der Waals surface area contributed by atoms with E-state index in [0.29, 0.717) is 18.5 Å². The second-order valence-corrected chi connectivity index (χ2v) is 5.83. The van der Waals surface area contributed by atoms with Gasteiger partial charge in [-0.25, -0.2) is 0 Å². The van der Waals surface area contributed by atoms with Gasteiger partial charge in [-0.1, -0.05) is 17.7 Å². The molecular formula is C14H17ClF3NO2. The number of alkyl halides is 3. The smallest absolute Gasteiger partial charge is 0.417 e. The molecule has 118 valence electrons. The third-order valence-electron chi connectivity index (χ3n) is 3.17. The first-order chi connectivity index (χ1) is 9.54. The Morgan fingerprint density at radius 1 is 1.33 bits per heavy atom. The zero-order chi connectivity index (χ0) is 16.3. The van der Waals surface area contributed by atoms with Gasteiger partial charge < -0.3 is 10.4 Å². The molecule has 0 fully saturated rings. The van der Waals surface area contributed by atoms with E-state index in [-0.39, 0.29) is 11.6 Å². The topological polar surface area (TPSA) is 49.3 Å². The van der Waals surface area contributed by atoms with E-state index in [4.69, 9.17) is 16.7 Å². The second kappa shape index (κ2) is 6.66. The van der Waals surface area contributed by atoms with Crippen molar-refractivity contribution in [1.29, 1.82) is 0 Å². The monoisotopic (exact) mass is 323 g/mol. The van der Waals surface area contributed by atoms with Gasteiger partial charge in [-0.05, 0) is 44.5 Å². The van der Waals surface area contributed by atoms with Crippen molar-refractivity contribution >= 4 is 17.6 Å². The summed E-state index contributed by atoms with van der Waals surface area (Å²) in [6.07, 6.45) is -4.11. The van der Waals surface area contributed by atoms with Crippen LogP contribution >= 0.6 is 11.6 Å². The molecule has 0 bridgehead atoms. The number of benzene rings is 1. The maximum Gasteiger partial charge on any atom is 0.417 e. The van der Waals surface area contributed by atoms with Crippen LogP contribution in [0.1, 0.15) is 31.4 Å². The van der Waals surface area contributed by atoms with Crippen LogP contribution in [0.15, 0.2) is 18.2 Å². The Morgan fingerprint density at radius 3 is 2.48 bits per heavy atom. The molecule has 0 aromatic heterocycles. The van der Waals surface area contributed by atoms with Crippen LogP contribution in [0.5, 0.6) is 0 Å². The van der Waals surface area contributed by atoms with Gasteiger partial charge in [0.2, 0.25) is 0 Å². The molecule has 1 aromatic rings. The van der Waals surface area contributed by atoms with Crippen LogP contribution in [0.3, 0.4) is 0 Å². The lowest BCUT2D eigenvalue weighted by Crippen LogP contribution is -2.28. The van der Waals surface area contributed by atoms with Crippen molar-refractivity contribution in [2.75, 3.05) is 6.54 Å². The summed E-state index contributed by atoms with van der Waals surface area (Å²) in [7, 11) is 0. The predicted molar refractivity (Wildman–Crippen MR) is 74.2 cm³/mol. The highest BCUT2D eigenvalue weighted by atomic mass is 35.5. The highest BCUT2D eigenvalue weighted by molar-refractivity contribution is 6.31. The SMILES string of the molecule is CC(C)(CCNCc1ccc(Cl)c(C(F)(F)F)c1)C(=O)O. The molecule has 7 heteroatoms. The van der Waals surface area contributed by atoms with Crippen molar-refractivity contribution in [3.63, 3.8) is 0 Å². The van der Waals surface area contributed by atoms with Crippen molar-refractivity contribution in [3.05, 3.63) is 34.3 Å². The molecule has 0 atom stereocenters. The molecule has 0 radical (unpaired) electrons. The number of carboxylic acid groups (broad SMARTS) is 1. The van der Waals surface area contributed by atoms with Crippen molar-refractivity contribution in [2.24, 2.45) is 5.41 Å². The van der Waals surface area contributed by atoms with E-state index in [1.54, 1.807) is 13.8 Å². The highest BCUT2D eigenvalue weighted by Crippen LogP contribution is 2.35. The first-order valence-electron chi connectivity index (χ1n) is 6.34. The number of carboxylic acids is 1. The minimum atomic E-state index is -4.49. The molecule has 0 spiro atoms. The highest BCUT2D eigenvalue weighted by Gasteiger charge is 2.33. The van der Waals surface area contributed by atoms with Gasteiger partial charge >= 0.3 is 12.1 Å². The van der Waals surface area contributed by atoms with Crippen molar-refractivity contribution < 1.29 is 23.1 Å². The molecule has 0 saturated heterocycles. The Bertz CT molecular complexity index is 515. The normalized spacial score (nSPS) is 12.5. The number of carbonyl (C=O) groups is 1. The number of aliphatic carboxylic acids is 1. The van der Waals surface area contributed by atoms with Gasteiger partial charge in [0.25, 0.3) is 0 Å². The summed E-state index contributed by atoms with van der Waals surface area (Å²) < 4.78 is 38.1. The van der Waals surface area contributed by atoms with Gasteiger partial charge in [0.15, 0.2) is 0 Å². The van der Waals surface area contributed by atoms with E-state index in [1.807, 2.05) is 0 Å². The molecule has 0 amide bonds. The molecule has 3 nitrogen and oxygen atoms in total. The Morgan fingerprint density at radius 2 is 1.95 bits per heavy atom. The van der Waals surface area contributed by atoms with Crippen molar-refractivity contribution in [1.82, 2.24) is 5.32 Å². The van der Waals surface area contributed by atoms with Crippen LogP contribution < -0.4 is 5.32 Å². The van der Waals surface area contributed by atoms with Gasteiger partial charge in [-0.15, -0.1) is 0 Å². The van der Waals surface area contributed by atoms with E-state index >= 15 is 0 Å². The quantitative estimate of drug-likeness (QED) is 0.779. The summed E-state index contributed by atoms with van der Waals surface area (Å²) in [5.41, 5.74) is -1.29. The molecular weight excluding hydrogens is 307 g/mol. The van der Waals surface area contributed by atoms with Gasteiger partial charge in [-0.3, -0.25) is 4.79 Å². The Kier molecular flexibility index (Phi) is 5.64. The summed E-state index contributed by atoms with van der Waals surface area (Å²) in [5.74, 6) is -0.907. The molecule has 0 aliphatic carbocycles. The largest absolute Gasteiger partial charge is 0.481 e. The van der Waals surface area contributed by atoms with Crippen LogP contribution in [0.2, 0.25) is 5.02 Å². The molecule has 0 heterocycles. The molecule has 21 heavy (non-hydrogen) atoms. The molecule has 0 aliphatic heterocycles. The van der Waals surface area contributed by atoms with Crippen LogP contribution in [-0.2, 0) is 17.5 Å². The van der Waals surface area contributed by atoms with Gasteiger partial charge in [-0.2, -0.15) is 13.2 Å². The lowest BCUT2D eigenvalue weighted by atomic mass is 9.90. The first kappa shape index (κ1) is 17.8. The zero-order valence-electron chi connectivity index (χ0n) is 11.7. The maximum atomic E-state index is 12.7. The lowest BCUT2D eigenvalue weighted by Gasteiger charge is -2.19. The third-order valence-corrected chi connectivity index (χ3v) is 3.50. The number of hydrogen-bond acceptors (Lipinski definition) is 2. The van der Waals surface area contributed by atoms with Gasteiger partial charge in [0.1, 0.15) is 0 Å². The average Bonchev–Trinajstić information content (AvgIpc) is 2.34. The van der Waals surface area contributed by atoms with Crippen LogP contribution in [0, 0.1) is 5.41 Å². The summed E-state index contributed by atoms with van der Waals surface area (Å²) in [5, 5.41) is 11.5. The number of halogens is 4. The standard InChI is InChI=1S/C14H17ClF3NO2/c1-13(2,12(20)21)5-6-19-8-9-3-4-11(15)10(7-9)14(16,17)18/h3-4,7,19H,5-6,8H2,1-2H3,(H,20,21). The molecule has 0 aliphatic rings. The summed E-state index contributed by atoms with van der Waals surface area (Å²) in [6.45, 7) is 3.81. The van der Waals surface area contributed by atoms with E-state index < -0.39 is 23.1 Å². The minimum absolute atomic E-state index is 0.218. The molecule has 0 saturated carbocycles. The second-order valence-electron chi connectivity index (χ2n) is 5.43. The van der Waals surface area contributed by atoms with Crippen molar-refractivity contribution in [2.45, 2.75) is 33.0 Å². The van der Waals surface area contributed by atoms with Crippen LogP contribution in [0.4, 0.5) is 13.2 Å². The van der Waals surface area contributed by atoms with Gasteiger partial charge in [0.05, 0.1) is 16.0 Å². The lowest BCUT2D eigenvalue weighted by molar-refractivity contribution is -0.147. The maximum absolute atomic E-state index is 12.7. The molecule has 1 rings (SSSR count). The van der Waals surface area contributed by atoms with Crippen LogP contribution in [0.25, 0.3) is 0 Å². The molecule has 2 N–H and O–H groups in total. The van der Waals surface area contributed by atoms with E-state index in [9.17, 15) is 18.0 Å². The third kappa shape index (κ3) is 5.21. The van der Waals surface area contributed by atoms with E-state index in [0.717, 1.165) is 6.07 Å².